The van der Waals surface area contributed by atoms with E-state index in [4.69, 9.17) is 18.9 Å². The van der Waals surface area contributed by atoms with Crippen molar-refractivity contribution in [2.24, 2.45) is 0 Å². The molecular weight excluding hydrogens is 456 g/mol. The molecule has 0 amide bonds. The Morgan fingerprint density at radius 1 is 1.06 bits per heavy atom. The zero-order chi connectivity index (χ0) is 25.3. The van der Waals surface area contributed by atoms with E-state index in [0.29, 0.717) is 34.1 Å². The summed E-state index contributed by atoms with van der Waals surface area (Å²) in [4.78, 5) is 39.0. The summed E-state index contributed by atoms with van der Waals surface area (Å²) in [6, 6.07) is 11.1. The minimum Gasteiger partial charge on any atom is -0.466 e. The number of non-ortho nitro benzene ring substituents is 1. The first-order chi connectivity index (χ1) is 16.8. The van der Waals surface area contributed by atoms with Crippen LogP contribution < -0.4 is 14.4 Å². The molecule has 0 saturated carbocycles. The maximum atomic E-state index is 13.3. The summed E-state index contributed by atoms with van der Waals surface area (Å²) < 4.78 is 21.4. The number of nitro groups is 1. The molecule has 0 N–H and O–H groups in total. The lowest BCUT2D eigenvalue weighted by Crippen LogP contribution is -2.35. The maximum absolute atomic E-state index is 13.3. The molecule has 0 aliphatic carbocycles. The van der Waals surface area contributed by atoms with Gasteiger partial charge in [-0.25, -0.2) is 9.59 Å². The first kappa shape index (κ1) is 23.8. The zero-order valence-electron chi connectivity index (χ0n) is 19.7. The molecule has 35 heavy (non-hydrogen) atoms. The molecule has 2 aromatic rings. The third-order valence-corrected chi connectivity index (χ3v) is 5.96. The van der Waals surface area contributed by atoms with Crippen molar-refractivity contribution in [3.05, 3.63) is 80.7 Å². The Balaban J connectivity index is 1.98. The Bertz CT molecular complexity index is 1280. The number of rotatable bonds is 6. The van der Waals surface area contributed by atoms with Crippen LogP contribution in [0.4, 0.5) is 11.4 Å². The molecular formula is C25H24N2O8. The predicted octanol–water partition coefficient (Wildman–Crippen LogP) is 4.21. The molecule has 2 aromatic carbocycles. The van der Waals surface area contributed by atoms with Crippen LogP contribution in [0, 0.1) is 10.1 Å². The molecule has 0 bridgehead atoms. The molecule has 0 saturated heterocycles. The summed E-state index contributed by atoms with van der Waals surface area (Å²) in [5, 5.41) is 11.4. The van der Waals surface area contributed by atoms with E-state index in [1.807, 2.05) is 0 Å². The Morgan fingerprint density at radius 2 is 1.74 bits per heavy atom. The van der Waals surface area contributed by atoms with Gasteiger partial charge in [0.2, 0.25) is 6.79 Å². The van der Waals surface area contributed by atoms with Crippen molar-refractivity contribution in [1.82, 2.24) is 0 Å². The molecule has 2 heterocycles. The number of methoxy groups -OCH3 is 1. The van der Waals surface area contributed by atoms with Crippen LogP contribution in [0.25, 0.3) is 0 Å². The summed E-state index contributed by atoms with van der Waals surface area (Å²) in [6.45, 7) is 5.30. The van der Waals surface area contributed by atoms with Crippen molar-refractivity contribution in [3.63, 3.8) is 0 Å². The van der Waals surface area contributed by atoms with Gasteiger partial charge in [-0.2, -0.15) is 0 Å². The van der Waals surface area contributed by atoms with Gasteiger partial charge in [0.25, 0.3) is 5.69 Å². The largest absolute Gasteiger partial charge is 0.466 e. The number of nitrogens with zero attached hydrogens (tertiary/aromatic N) is 2. The quantitative estimate of drug-likeness (QED) is 0.340. The van der Waals surface area contributed by atoms with Gasteiger partial charge in [0.05, 0.1) is 41.4 Å². The zero-order valence-corrected chi connectivity index (χ0v) is 19.7. The average Bonchev–Trinajstić information content (AvgIpc) is 3.31. The fourth-order valence-electron chi connectivity index (χ4n) is 4.46. The first-order valence-corrected chi connectivity index (χ1v) is 10.9. The second-order valence-corrected chi connectivity index (χ2v) is 7.87. The van der Waals surface area contributed by atoms with Crippen molar-refractivity contribution in [1.29, 1.82) is 0 Å². The van der Waals surface area contributed by atoms with Crippen LogP contribution in [0.15, 0.2) is 65.0 Å². The second kappa shape index (κ2) is 9.49. The number of carbonyl (C=O) groups excluding carboxylic acids is 2. The Kier molecular flexibility index (Phi) is 6.46. The van der Waals surface area contributed by atoms with E-state index < -0.39 is 22.8 Å². The lowest BCUT2D eigenvalue weighted by Gasteiger charge is -2.37. The van der Waals surface area contributed by atoms with Crippen molar-refractivity contribution in [2.45, 2.75) is 26.7 Å². The van der Waals surface area contributed by atoms with Gasteiger partial charge in [0.1, 0.15) is 0 Å². The highest BCUT2D eigenvalue weighted by Gasteiger charge is 2.41. The van der Waals surface area contributed by atoms with E-state index in [1.165, 1.54) is 19.2 Å². The van der Waals surface area contributed by atoms with Crippen LogP contribution in [-0.2, 0) is 19.1 Å². The van der Waals surface area contributed by atoms with Crippen LogP contribution in [0.2, 0.25) is 0 Å². The molecule has 2 aliphatic rings. The minimum atomic E-state index is -0.828. The van der Waals surface area contributed by atoms with Crippen LogP contribution in [0.3, 0.4) is 0 Å². The number of carbonyl (C=O) groups is 2. The maximum Gasteiger partial charge on any atom is 0.336 e. The van der Waals surface area contributed by atoms with E-state index >= 15 is 0 Å². The smallest absolute Gasteiger partial charge is 0.336 e. The number of allylic oxidation sites excluding steroid dienone is 2. The van der Waals surface area contributed by atoms with Crippen LogP contribution >= 0.6 is 0 Å². The highest BCUT2D eigenvalue weighted by atomic mass is 16.7. The lowest BCUT2D eigenvalue weighted by atomic mass is 9.79. The first-order valence-electron chi connectivity index (χ1n) is 10.9. The third-order valence-electron chi connectivity index (χ3n) is 5.96. The number of benzene rings is 2. The molecule has 1 unspecified atom stereocenters. The third kappa shape index (κ3) is 4.18. The van der Waals surface area contributed by atoms with E-state index in [2.05, 4.69) is 0 Å². The number of anilines is 1. The number of fused-ring (bicyclic) bond motifs is 1. The van der Waals surface area contributed by atoms with Gasteiger partial charge in [0, 0.05) is 23.5 Å². The highest BCUT2D eigenvalue weighted by molar-refractivity contribution is 6.01. The molecule has 2 aliphatic heterocycles. The molecule has 4 rings (SSSR count). The molecule has 0 spiro atoms. The van der Waals surface area contributed by atoms with Crippen LogP contribution in [0.5, 0.6) is 11.5 Å². The molecule has 10 heteroatoms. The number of ether oxygens (including phenoxy) is 4. The van der Waals surface area contributed by atoms with Crippen molar-refractivity contribution in [3.8, 4) is 11.5 Å². The fourth-order valence-corrected chi connectivity index (χ4v) is 4.46. The topological polar surface area (TPSA) is 117 Å². The van der Waals surface area contributed by atoms with Gasteiger partial charge >= 0.3 is 11.9 Å². The molecule has 10 nitrogen and oxygen atoms in total. The van der Waals surface area contributed by atoms with Gasteiger partial charge in [-0.05, 0) is 44.5 Å². The monoisotopic (exact) mass is 480 g/mol. The van der Waals surface area contributed by atoms with E-state index in [-0.39, 0.29) is 30.2 Å². The van der Waals surface area contributed by atoms with Crippen molar-refractivity contribution < 1.29 is 33.5 Å². The Hall–Kier alpha value is -4.34. The van der Waals surface area contributed by atoms with Crippen molar-refractivity contribution >= 4 is 23.3 Å². The van der Waals surface area contributed by atoms with Crippen molar-refractivity contribution in [2.75, 3.05) is 25.4 Å². The summed E-state index contributed by atoms with van der Waals surface area (Å²) in [6.07, 6.45) is 0. The summed E-state index contributed by atoms with van der Waals surface area (Å²) in [7, 11) is 1.26. The summed E-state index contributed by atoms with van der Waals surface area (Å²) in [5.41, 5.74) is 2.24. The van der Waals surface area contributed by atoms with E-state index in [9.17, 15) is 19.7 Å². The molecule has 0 aromatic heterocycles. The van der Waals surface area contributed by atoms with Gasteiger partial charge in [-0.1, -0.05) is 12.1 Å². The van der Waals surface area contributed by atoms with E-state index in [0.717, 1.165) is 0 Å². The van der Waals surface area contributed by atoms with Gasteiger partial charge in [-0.3, -0.25) is 10.1 Å². The highest BCUT2D eigenvalue weighted by Crippen LogP contribution is 2.46. The van der Waals surface area contributed by atoms with Gasteiger partial charge in [0.15, 0.2) is 11.5 Å². The number of hydrogen-bond donors (Lipinski definition) is 0. The van der Waals surface area contributed by atoms with Crippen LogP contribution in [0.1, 0.15) is 32.3 Å². The number of esters is 2. The second-order valence-electron chi connectivity index (χ2n) is 7.87. The summed E-state index contributed by atoms with van der Waals surface area (Å²) in [5.74, 6) is -1.04. The summed E-state index contributed by atoms with van der Waals surface area (Å²) >= 11 is 0. The molecule has 182 valence electrons. The number of nitro benzene ring substituents is 1. The molecule has 0 fully saturated rings. The SMILES string of the molecule is CCOC(=O)C1=C(C)N(c2cccc([N+](=O)[O-])c2)C(C)=C(C(=O)OC)C1c1ccc2c(c1)OCO2. The standard InChI is InChI=1S/C25H24N2O8/c1-5-33-25(29)22-15(3)26(17-7-6-8-18(12-17)27(30)31)14(2)21(24(28)32-4)23(22)16-9-10-19-20(11-16)35-13-34-19/h6-12,23H,5,13H2,1-4H3. The number of hydrogen-bond acceptors (Lipinski definition) is 9. The molecule has 1 atom stereocenters. The normalized spacial score (nSPS) is 16.9. The van der Waals surface area contributed by atoms with Gasteiger partial charge in [-0.15, -0.1) is 0 Å². The van der Waals surface area contributed by atoms with Crippen LogP contribution in [-0.4, -0.2) is 37.4 Å². The minimum absolute atomic E-state index is 0.0718. The van der Waals surface area contributed by atoms with Gasteiger partial charge < -0.3 is 23.8 Å². The Morgan fingerprint density at radius 3 is 2.40 bits per heavy atom. The molecule has 0 radical (unpaired) electrons. The van der Waals surface area contributed by atoms with E-state index in [1.54, 1.807) is 56.0 Å². The lowest BCUT2D eigenvalue weighted by molar-refractivity contribution is -0.384. The predicted molar refractivity (Wildman–Crippen MR) is 125 cm³/mol. The fraction of sp³-hybridized carbons (Fsp3) is 0.280. The Labute approximate surface area is 201 Å². The average molecular weight is 480 g/mol.